The Morgan fingerprint density at radius 3 is 2.59 bits per heavy atom. The molecule has 0 atom stereocenters. The third kappa shape index (κ3) is 3.98. The average molecular weight is 319 g/mol. The fourth-order valence-corrected chi connectivity index (χ4v) is 1.91. The molecule has 0 aliphatic carbocycles. The molecule has 0 bridgehead atoms. The van der Waals surface area contributed by atoms with Gasteiger partial charge in [-0.05, 0) is 43.4 Å². The Bertz CT molecular complexity index is 669. The van der Waals surface area contributed by atoms with E-state index >= 15 is 0 Å². The van der Waals surface area contributed by atoms with Crippen LogP contribution in [-0.2, 0) is 0 Å². The first-order valence-electron chi connectivity index (χ1n) is 6.51. The maximum atomic E-state index is 5.24. The number of hydrazone groups is 1. The van der Waals surface area contributed by atoms with Gasteiger partial charge in [0.05, 0.1) is 20.5 Å². The van der Waals surface area contributed by atoms with Crippen LogP contribution < -0.4 is 20.2 Å². The third-order valence-electron chi connectivity index (χ3n) is 2.84. The van der Waals surface area contributed by atoms with E-state index in [1.807, 2.05) is 19.1 Å². The third-order valence-corrected chi connectivity index (χ3v) is 3.04. The second-order valence-corrected chi connectivity index (χ2v) is 4.72. The summed E-state index contributed by atoms with van der Waals surface area (Å²) in [6, 6.07) is 9.04. The zero-order valence-corrected chi connectivity index (χ0v) is 13.4. The van der Waals surface area contributed by atoms with Crippen molar-refractivity contribution in [2.75, 3.05) is 19.5 Å². The lowest BCUT2D eigenvalue weighted by molar-refractivity contribution is 0.355. The summed E-state index contributed by atoms with van der Waals surface area (Å²) in [5.74, 6) is 1.95. The average Bonchev–Trinajstić information content (AvgIpc) is 3.07. The van der Waals surface area contributed by atoms with Gasteiger partial charge in [0.2, 0.25) is 0 Å². The van der Waals surface area contributed by atoms with E-state index in [1.54, 1.807) is 38.7 Å². The van der Waals surface area contributed by atoms with Crippen LogP contribution >= 0.6 is 12.2 Å². The molecule has 0 saturated carbocycles. The van der Waals surface area contributed by atoms with Crippen LogP contribution in [0.1, 0.15) is 12.7 Å². The quantitative estimate of drug-likeness (QED) is 0.502. The molecule has 0 unspecified atom stereocenters. The molecule has 0 amide bonds. The minimum absolute atomic E-state index is 0.359. The maximum Gasteiger partial charge on any atom is 0.191 e. The van der Waals surface area contributed by atoms with Gasteiger partial charge in [0, 0.05) is 11.8 Å². The summed E-state index contributed by atoms with van der Waals surface area (Å²) in [4.78, 5) is 0. The van der Waals surface area contributed by atoms with Gasteiger partial charge in [0.1, 0.15) is 11.5 Å². The predicted molar refractivity (Wildman–Crippen MR) is 89.8 cm³/mol. The number of nitrogens with one attached hydrogen (secondary N) is 2. The van der Waals surface area contributed by atoms with Gasteiger partial charge >= 0.3 is 0 Å². The number of nitrogens with zero attached hydrogens (tertiary/aromatic N) is 1. The van der Waals surface area contributed by atoms with Crippen molar-refractivity contribution in [1.82, 2.24) is 5.43 Å². The summed E-state index contributed by atoms with van der Waals surface area (Å²) in [6.07, 6.45) is 1.59. The molecule has 2 N–H and O–H groups in total. The number of hydrogen-bond donors (Lipinski definition) is 2. The van der Waals surface area contributed by atoms with Crippen molar-refractivity contribution in [3.63, 3.8) is 0 Å². The second-order valence-electron chi connectivity index (χ2n) is 4.31. The van der Waals surface area contributed by atoms with Crippen LogP contribution in [0.5, 0.6) is 11.5 Å². The van der Waals surface area contributed by atoms with Gasteiger partial charge in [-0.2, -0.15) is 5.10 Å². The molecule has 0 radical (unpaired) electrons. The zero-order chi connectivity index (χ0) is 15.9. The highest BCUT2D eigenvalue weighted by Crippen LogP contribution is 2.29. The standard InChI is InChI=1S/C15H17N3O3S/c1-10(12-5-4-8-21-12)17-18-15(22)16-11-6-7-13(19-2)14(9-11)20-3/h4-9H,1-3H3,(H2,16,18,22). The van der Waals surface area contributed by atoms with Crippen molar-refractivity contribution in [2.24, 2.45) is 5.10 Å². The zero-order valence-electron chi connectivity index (χ0n) is 12.5. The number of ether oxygens (including phenoxy) is 2. The number of anilines is 1. The number of methoxy groups -OCH3 is 2. The first-order valence-corrected chi connectivity index (χ1v) is 6.92. The van der Waals surface area contributed by atoms with Crippen LogP contribution in [0.4, 0.5) is 5.69 Å². The van der Waals surface area contributed by atoms with Crippen molar-refractivity contribution in [2.45, 2.75) is 6.92 Å². The van der Waals surface area contributed by atoms with Crippen molar-refractivity contribution in [3.8, 4) is 11.5 Å². The number of thiocarbonyl (C=S) groups is 1. The summed E-state index contributed by atoms with van der Waals surface area (Å²) in [5.41, 5.74) is 4.22. The molecule has 1 aromatic heterocycles. The molecular weight excluding hydrogens is 302 g/mol. The molecule has 7 heteroatoms. The molecule has 0 fully saturated rings. The Kier molecular flexibility index (Phi) is 5.37. The van der Waals surface area contributed by atoms with Crippen LogP contribution in [0.15, 0.2) is 46.1 Å². The van der Waals surface area contributed by atoms with Gasteiger partial charge in [-0.25, -0.2) is 0 Å². The fourth-order valence-electron chi connectivity index (χ4n) is 1.75. The number of rotatable bonds is 5. The monoisotopic (exact) mass is 319 g/mol. The molecule has 0 aliphatic rings. The summed E-state index contributed by atoms with van der Waals surface area (Å²) >= 11 is 5.19. The SMILES string of the molecule is COc1ccc(NC(=S)NN=C(C)c2ccco2)cc1OC. The Morgan fingerprint density at radius 2 is 1.95 bits per heavy atom. The van der Waals surface area contributed by atoms with Crippen LogP contribution in [0, 0.1) is 0 Å². The van der Waals surface area contributed by atoms with Crippen molar-refractivity contribution in [3.05, 3.63) is 42.4 Å². The smallest absolute Gasteiger partial charge is 0.191 e. The lowest BCUT2D eigenvalue weighted by atomic mass is 10.3. The topological polar surface area (TPSA) is 68.0 Å². The van der Waals surface area contributed by atoms with Crippen LogP contribution in [0.2, 0.25) is 0 Å². The molecule has 0 spiro atoms. The maximum absolute atomic E-state index is 5.24. The molecule has 2 aromatic rings. The number of benzene rings is 1. The lowest BCUT2D eigenvalue weighted by Crippen LogP contribution is -2.24. The first kappa shape index (κ1) is 15.8. The van der Waals surface area contributed by atoms with Crippen LogP contribution in [-0.4, -0.2) is 25.0 Å². The van der Waals surface area contributed by atoms with E-state index in [2.05, 4.69) is 15.8 Å². The fraction of sp³-hybridized carbons (Fsp3) is 0.200. The van der Waals surface area contributed by atoms with Gasteiger partial charge < -0.3 is 19.2 Å². The van der Waals surface area contributed by atoms with E-state index in [1.165, 1.54) is 0 Å². The van der Waals surface area contributed by atoms with Gasteiger partial charge in [-0.15, -0.1) is 0 Å². The largest absolute Gasteiger partial charge is 0.493 e. The number of furan rings is 1. The second kappa shape index (κ2) is 7.46. The summed E-state index contributed by atoms with van der Waals surface area (Å²) < 4.78 is 15.7. The summed E-state index contributed by atoms with van der Waals surface area (Å²) in [5, 5.41) is 7.53. The Labute approximate surface area is 134 Å². The Balaban J connectivity index is 1.99. The van der Waals surface area contributed by atoms with Crippen LogP contribution in [0.25, 0.3) is 0 Å². The summed E-state index contributed by atoms with van der Waals surface area (Å²) in [6.45, 7) is 1.82. The normalized spacial score (nSPS) is 11.0. The molecule has 0 aliphatic heterocycles. The van der Waals surface area contributed by atoms with E-state index in [9.17, 15) is 0 Å². The van der Waals surface area contributed by atoms with Crippen LogP contribution in [0.3, 0.4) is 0 Å². The Morgan fingerprint density at radius 1 is 1.18 bits per heavy atom. The van der Waals surface area contributed by atoms with Gasteiger partial charge in [-0.3, -0.25) is 5.43 Å². The van der Waals surface area contributed by atoms with Crippen molar-refractivity contribution in [1.29, 1.82) is 0 Å². The Hall–Kier alpha value is -2.54. The van der Waals surface area contributed by atoms with Gasteiger partial charge in [-0.1, -0.05) is 0 Å². The highest BCUT2D eigenvalue weighted by Gasteiger charge is 2.06. The van der Waals surface area contributed by atoms with E-state index in [4.69, 9.17) is 26.1 Å². The van der Waals surface area contributed by atoms with E-state index in [0.717, 1.165) is 5.69 Å². The highest BCUT2D eigenvalue weighted by atomic mass is 32.1. The summed E-state index contributed by atoms with van der Waals surface area (Å²) in [7, 11) is 3.17. The van der Waals surface area contributed by atoms with E-state index in [-0.39, 0.29) is 0 Å². The first-order chi connectivity index (χ1) is 10.6. The molecule has 1 aromatic carbocycles. The molecule has 0 saturated heterocycles. The predicted octanol–water partition coefficient (Wildman–Crippen LogP) is 3.01. The molecule has 6 nitrogen and oxygen atoms in total. The molecular formula is C15H17N3O3S. The van der Waals surface area contributed by atoms with E-state index < -0.39 is 0 Å². The van der Waals surface area contributed by atoms with E-state index in [0.29, 0.717) is 28.1 Å². The lowest BCUT2D eigenvalue weighted by Gasteiger charge is -2.11. The van der Waals surface area contributed by atoms with Gasteiger partial charge in [0.25, 0.3) is 0 Å². The van der Waals surface area contributed by atoms with Crippen molar-refractivity contribution < 1.29 is 13.9 Å². The van der Waals surface area contributed by atoms with Gasteiger partial charge in [0.15, 0.2) is 16.6 Å². The molecule has 22 heavy (non-hydrogen) atoms. The molecule has 116 valence electrons. The molecule has 1 heterocycles. The minimum atomic E-state index is 0.359. The number of hydrogen-bond acceptors (Lipinski definition) is 5. The van der Waals surface area contributed by atoms with Crippen molar-refractivity contribution >= 4 is 28.7 Å². The molecule has 2 rings (SSSR count). The highest BCUT2D eigenvalue weighted by molar-refractivity contribution is 7.80. The minimum Gasteiger partial charge on any atom is -0.493 e.